The number of amides is 1. The molecule has 0 saturated heterocycles. The van der Waals surface area contributed by atoms with E-state index in [1.807, 2.05) is 25.1 Å². The Balaban J connectivity index is 1.76. The van der Waals surface area contributed by atoms with Crippen molar-refractivity contribution in [2.24, 2.45) is 0 Å². The lowest BCUT2D eigenvalue weighted by molar-refractivity contribution is 0.0941. The van der Waals surface area contributed by atoms with Gasteiger partial charge in [0.15, 0.2) is 0 Å². The van der Waals surface area contributed by atoms with Gasteiger partial charge in [-0.2, -0.15) is 9.78 Å². The SMILES string of the molecule is Cc1cccc(Cn2c(=O)c(C(=O)NCc3cccc(F)c3)nn(-c3ccccc3)c2=O)c1. The van der Waals surface area contributed by atoms with Gasteiger partial charge in [0.1, 0.15) is 5.82 Å². The van der Waals surface area contributed by atoms with Crippen molar-refractivity contribution in [1.82, 2.24) is 19.7 Å². The Bertz CT molecular complexity index is 1430. The number of hydrogen-bond acceptors (Lipinski definition) is 4. The maximum atomic E-state index is 13.4. The predicted molar refractivity (Wildman–Crippen MR) is 122 cm³/mol. The van der Waals surface area contributed by atoms with E-state index < -0.39 is 28.7 Å². The molecule has 4 rings (SSSR count). The zero-order chi connectivity index (χ0) is 23.4. The number of rotatable bonds is 6. The summed E-state index contributed by atoms with van der Waals surface area (Å²) in [6.07, 6.45) is 0. The molecule has 33 heavy (non-hydrogen) atoms. The first kappa shape index (κ1) is 21.9. The molecule has 0 fully saturated rings. The quantitative estimate of drug-likeness (QED) is 0.496. The van der Waals surface area contributed by atoms with Gasteiger partial charge in [0.2, 0.25) is 5.69 Å². The Kier molecular flexibility index (Phi) is 6.26. The van der Waals surface area contributed by atoms with Crippen LogP contribution in [-0.2, 0) is 13.1 Å². The predicted octanol–water partition coefficient (Wildman–Crippen LogP) is 2.82. The minimum atomic E-state index is -0.801. The van der Waals surface area contributed by atoms with Gasteiger partial charge in [0.05, 0.1) is 12.2 Å². The molecule has 166 valence electrons. The number of carbonyl (C=O) groups excluding carboxylic acids is 1. The van der Waals surface area contributed by atoms with Gasteiger partial charge in [-0.25, -0.2) is 9.18 Å². The first-order valence-electron chi connectivity index (χ1n) is 10.3. The highest BCUT2D eigenvalue weighted by molar-refractivity contribution is 5.91. The first-order chi connectivity index (χ1) is 15.9. The lowest BCUT2D eigenvalue weighted by Crippen LogP contribution is -2.46. The van der Waals surface area contributed by atoms with Crippen LogP contribution < -0.4 is 16.6 Å². The fourth-order valence-corrected chi connectivity index (χ4v) is 3.44. The number of halogens is 1. The smallest absolute Gasteiger partial charge is 0.346 e. The van der Waals surface area contributed by atoms with Crippen molar-refractivity contribution in [1.29, 1.82) is 0 Å². The molecule has 0 spiro atoms. The average molecular weight is 444 g/mol. The molecular formula is C25H21FN4O3. The van der Waals surface area contributed by atoms with Gasteiger partial charge in [-0.1, -0.05) is 60.2 Å². The fraction of sp³-hybridized carbons (Fsp3) is 0.120. The van der Waals surface area contributed by atoms with Crippen LogP contribution >= 0.6 is 0 Å². The van der Waals surface area contributed by atoms with E-state index in [-0.39, 0.29) is 13.1 Å². The second-order valence-electron chi connectivity index (χ2n) is 7.57. The molecule has 0 saturated carbocycles. The van der Waals surface area contributed by atoms with Crippen LogP contribution in [0.25, 0.3) is 5.69 Å². The van der Waals surface area contributed by atoms with Gasteiger partial charge >= 0.3 is 5.69 Å². The summed E-state index contributed by atoms with van der Waals surface area (Å²) in [6, 6.07) is 21.7. The number of nitrogens with zero attached hydrogens (tertiary/aromatic N) is 3. The Labute approximate surface area is 188 Å². The number of benzene rings is 3. The summed E-state index contributed by atoms with van der Waals surface area (Å²) in [6.45, 7) is 1.89. The van der Waals surface area contributed by atoms with E-state index in [0.29, 0.717) is 11.3 Å². The molecule has 7 nitrogen and oxygen atoms in total. The highest BCUT2D eigenvalue weighted by Gasteiger charge is 2.20. The summed E-state index contributed by atoms with van der Waals surface area (Å²) in [7, 11) is 0. The largest absolute Gasteiger partial charge is 0.352 e. The van der Waals surface area contributed by atoms with Gasteiger partial charge in [0, 0.05) is 6.54 Å². The molecular weight excluding hydrogens is 423 g/mol. The third-order valence-electron chi connectivity index (χ3n) is 5.04. The van der Waals surface area contributed by atoms with E-state index in [1.54, 1.807) is 42.5 Å². The Hall–Kier alpha value is -4.33. The monoisotopic (exact) mass is 444 g/mol. The first-order valence-corrected chi connectivity index (χ1v) is 10.3. The Morgan fingerprint density at radius 3 is 2.39 bits per heavy atom. The molecule has 0 aliphatic heterocycles. The Morgan fingerprint density at radius 1 is 0.939 bits per heavy atom. The third kappa shape index (κ3) is 4.95. The molecule has 0 radical (unpaired) electrons. The molecule has 0 aliphatic carbocycles. The molecule has 0 bridgehead atoms. The van der Waals surface area contributed by atoms with Crippen molar-refractivity contribution in [3.63, 3.8) is 0 Å². The molecule has 8 heteroatoms. The second-order valence-corrected chi connectivity index (χ2v) is 7.57. The Morgan fingerprint density at radius 2 is 1.67 bits per heavy atom. The van der Waals surface area contributed by atoms with Crippen molar-refractivity contribution < 1.29 is 9.18 Å². The summed E-state index contributed by atoms with van der Waals surface area (Å²) in [5, 5.41) is 6.66. The minimum Gasteiger partial charge on any atom is -0.346 e. The number of aryl methyl sites for hydroxylation is 1. The highest BCUT2D eigenvalue weighted by Crippen LogP contribution is 2.07. The van der Waals surface area contributed by atoms with Crippen LogP contribution in [0.5, 0.6) is 0 Å². The average Bonchev–Trinajstić information content (AvgIpc) is 2.81. The maximum absolute atomic E-state index is 13.4. The lowest BCUT2D eigenvalue weighted by atomic mass is 10.1. The van der Waals surface area contributed by atoms with Gasteiger partial charge in [0.25, 0.3) is 11.5 Å². The molecule has 4 aromatic rings. The molecule has 0 unspecified atom stereocenters. The van der Waals surface area contributed by atoms with E-state index in [1.165, 1.54) is 18.2 Å². The number of para-hydroxylation sites is 1. The van der Waals surface area contributed by atoms with Crippen molar-refractivity contribution in [3.05, 3.63) is 128 Å². The van der Waals surface area contributed by atoms with Gasteiger partial charge < -0.3 is 5.32 Å². The van der Waals surface area contributed by atoms with Gasteiger partial charge in [-0.05, 0) is 42.3 Å². The van der Waals surface area contributed by atoms with Crippen LogP contribution in [0, 0.1) is 12.7 Å². The molecule has 0 aliphatic rings. The van der Waals surface area contributed by atoms with E-state index >= 15 is 0 Å². The van der Waals surface area contributed by atoms with Crippen LogP contribution in [0.4, 0.5) is 4.39 Å². The summed E-state index contributed by atoms with van der Waals surface area (Å²) in [4.78, 5) is 39.2. The van der Waals surface area contributed by atoms with Crippen LogP contribution in [0.15, 0.2) is 88.5 Å². The van der Waals surface area contributed by atoms with Crippen LogP contribution in [0.3, 0.4) is 0 Å². The molecule has 1 amide bonds. The summed E-state index contributed by atoms with van der Waals surface area (Å²) in [5.74, 6) is -1.19. The highest BCUT2D eigenvalue weighted by atomic mass is 19.1. The van der Waals surface area contributed by atoms with E-state index in [0.717, 1.165) is 20.4 Å². The standard InChI is InChI=1S/C25H21FN4O3/c1-17-7-5-9-19(13-17)16-29-24(32)22(23(31)27-15-18-8-6-10-20(26)14-18)28-30(25(29)33)21-11-3-2-4-12-21/h2-14H,15-16H2,1H3,(H,27,31). The molecule has 0 atom stereocenters. The molecule has 1 heterocycles. The van der Waals surface area contributed by atoms with E-state index in [4.69, 9.17) is 0 Å². The van der Waals surface area contributed by atoms with Crippen molar-refractivity contribution in [2.75, 3.05) is 0 Å². The van der Waals surface area contributed by atoms with E-state index in [2.05, 4.69) is 10.4 Å². The number of nitrogens with one attached hydrogen (secondary N) is 1. The summed E-state index contributed by atoms with van der Waals surface area (Å²) in [5.41, 5.74) is 0.777. The maximum Gasteiger partial charge on any atom is 0.352 e. The zero-order valence-corrected chi connectivity index (χ0v) is 17.9. The number of carbonyl (C=O) groups is 1. The molecule has 1 N–H and O–H groups in total. The summed E-state index contributed by atoms with van der Waals surface area (Å²) < 4.78 is 15.5. The van der Waals surface area contributed by atoms with Crippen LogP contribution in [-0.4, -0.2) is 20.3 Å². The van der Waals surface area contributed by atoms with Crippen molar-refractivity contribution in [3.8, 4) is 5.69 Å². The topological polar surface area (TPSA) is 86.0 Å². The lowest BCUT2D eigenvalue weighted by Gasteiger charge is -2.13. The van der Waals surface area contributed by atoms with Crippen LogP contribution in [0.2, 0.25) is 0 Å². The van der Waals surface area contributed by atoms with Crippen molar-refractivity contribution >= 4 is 5.91 Å². The van der Waals surface area contributed by atoms with Crippen molar-refractivity contribution in [2.45, 2.75) is 20.0 Å². The number of aromatic nitrogens is 3. The zero-order valence-electron chi connectivity index (χ0n) is 17.9. The second kappa shape index (κ2) is 9.44. The molecule has 3 aromatic carbocycles. The fourth-order valence-electron chi connectivity index (χ4n) is 3.44. The third-order valence-corrected chi connectivity index (χ3v) is 5.04. The molecule has 1 aromatic heterocycles. The van der Waals surface area contributed by atoms with Gasteiger partial charge in [-0.3, -0.25) is 14.2 Å². The van der Waals surface area contributed by atoms with E-state index in [9.17, 15) is 18.8 Å². The number of hydrogen-bond donors (Lipinski definition) is 1. The minimum absolute atomic E-state index is 0.0000563. The van der Waals surface area contributed by atoms with Crippen LogP contribution in [0.1, 0.15) is 27.2 Å². The summed E-state index contributed by atoms with van der Waals surface area (Å²) >= 11 is 0. The van der Waals surface area contributed by atoms with Gasteiger partial charge in [-0.15, -0.1) is 0 Å². The normalized spacial score (nSPS) is 10.7.